The number of rotatable bonds is 2. The summed E-state index contributed by atoms with van der Waals surface area (Å²) in [6.07, 6.45) is 5.55. The van der Waals surface area contributed by atoms with E-state index in [9.17, 15) is 9.59 Å². The monoisotopic (exact) mass is 396 g/mol. The molecule has 3 unspecified atom stereocenters. The third kappa shape index (κ3) is 3.00. The van der Waals surface area contributed by atoms with Gasteiger partial charge in [-0.25, -0.2) is 9.69 Å². The van der Waals surface area contributed by atoms with Crippen LogP contribution >= 0.6 is 0 Å². The van der Waals surface area contributed by atoms with E-state index in [-0.39, 0.29) is 23.8 Å². The number of nitrogens with zero attached hydrogens (tertiary/aromatic N) is 3. The fraction of sp³-hybridized carbons (Fsp3) is 0.250. The van der Waals surface area contributed by atoms with Crippen molar-refractivity contribution in [3.63, 3.8) is 0 Å². The Morgan fingerprint density at radius 1 is 1.07 bits per heavy atom. The number of benzene rings is 2. The van der Waals surface area contributed by atoms with Crippen LogP contribution in [0.15, 0.2) is 60.9 Å². The Kier molecular flexibility index (Phi) is 4.44. The van der Waals surface area contributed by atoms with Crippen molar-refractivity contribution in [3.8, 4) is 6.07 Å². The van der Waals surface area contributed by atoms with Gasteiger partial charge in [0.2, 0.25) is 5.91 Å². The van der Waals surface area contributed by atoms with Crippen molar-refractivity contribution in [2.45, 2.75) is 31.2 Å². The van der Waals surface area contributed by atoms with E-state index in [2.05, 4.69) is 16.4 Å². The van der Waals surface area contributed by atoms with Gasteiger partial charge in [-0.05, 0) is 42.9 Å². The summed E-state index contributed by atoms with van der Waals surface area (Å²) in [5.74, 6) is -0.193. The second-order valence-electron chi connectivity index (χ2n) is 7.96. The highest BCUT2D eigenvalue weighted by atomic mass is 16.2. The number of hydrogen-bond donors (Lipinski definition) is 1. The lowest BCUT2D eigenvalue weighted by Gasteiger charge is -2.42. The quantitative estimate of drug-likeness (QED) is 0.706. The van der Waals surface area contributed by atoms with Crippen LogP contribution in [-0.2, 0) is 4.79 Å². The fourth-order valence-electron chi connectivity index (χ4n) is 4.79. The second-order valence-corrected chi connectivity index (χ2v) is 7.96. The molecule has 3 aromatic rings. The van der Waals surface area contributed by atoms with Crippen molar-refractivity contribution in [2.75, 3.05) is 4.90 Å². The number of carbonyl (C=O) groups excluding carboxylic acids is 2. The average Bonchev–Trinajstić information content (AvgIpc) is 2.79. The number of anilines is 1. The lowest BCUT2D eigenvalue weighted by molar-refractivity contribution is -0.124. The molecule has 2 heterocycles. The van der Waals surface area contributed by atoms with E-state index >= 15 is 0 Å². The van der Waals surface area contributed by atoms with Gasteiger partial charge in [0.15, 0.2) is 0 Å². The SMILES string of the molecule is N#Cc1cccc(C2CCC3C(=O)N(c4cncc5ccccc45)C(=O)NC3C2)c1. The number of urea groups is 1. The Morgan fingerprint density at radius 2 is 1.93 bits per heavy atom. The minimum atomic E-state index is -0.397. The molecule has 2 fully saturated rings. The fourth-order valence-corrected chi connectivity index (χ4v) is 4.79. The molecular weight excluding hydrogens is 376 g/mol. The summed E-state index contributed by atoms with van der Waals surface area (Å²) in [6.45, 7) is 0. The summed E-state index contributed by atoms with van der Waals surface area (Å²) >= 11 is 0. The normalized spacial score (nSPS) is 23.6. The highest BCUT2D eigenvalue weighted by molar-refractivity contribution is 6.20. The number of fused-ring (bicyclic) bond motifs is 2. The van der Waals surface area contributed by atoms with Gasteiger partial charge < -0.3 is 5.32 Å². The summed E-state index contributed by atoms with van der Waals surface area (Å²) in [5.41, 5.74) is 2.25. The molecule has 1 aromatic heterocycles. The first kappa shape index (κ1) is 18.3. The molecule has 6 heteroatoms. The number of nitriles is 1. The van der Waals surface area contributed by atoms with Gasteiger partial charge in [0.05, 0.1) is 29.4 Å². The number of pyridine rings is 1. The van der Waals surface area contributed by atoms with Gasteiger partial charge in [-0.2, -0.15) is 5.26 Å². The molecule has 3 atom stereocenters. The van der Waals surface area contributed by atoms with Crippen molar-refractivity contribution in [2.24, 2.45) is 5.92 Å². The van der Waals surface area contributed by atoms with Crippen LogP contribution in [0.3, 0.4) is 0 Å². The zero-order valence-electron chi connectivity index (χ0n) is 16.3. The molecule has 0 bridgehead atoms. The zero-order valence-corrected chi connectivity index (χ0v) is 16.3. The number of imide groups is 1. The van der Waals surface area contributed by atoms with Crippen LogP contribution in [0, 0.1) is 17.2 Å². The molecule has 148 valence electrons. The molecule has 5 rings (SSSR count). The first-order valence-electron chi connectivity index (χ1n) is 10.1. The van der Waals surface area contributed by atoms with E-state index in [0.29, 0.717) is 24.1 Å². The topological polar surface area (TPSA) is 86.1 Å². The first-order valence-corrected chi connectivity index (χ1v) is 10.1. The largest absolute Gasteiger partial charge is 0.334 e. The molecule has 3 amide bonds. The molecule has 1 aliphatic carbocycles. The molecule has 0 spiro atoms. The Bertz CT molecular complexity index is 1190. The summed E-state index contributed by atoms with van der Waals surface area (Å²) in [7, 11) is 0. The summed E-state index contributed by atoms with van der Waals surface area (Å²) < 4.78 is 0. The van der Waals surface area contributed by atoms with Gasteiger partial charge in [0, 0.05) is 23.0 Å². The molecule has 0 radical (unpaired) electrons. The molecule has 1 N–H and O–H groups in total. The molecule has 6 nitrogen and oxygen atoms in total. The van der Waals surface area contributed by atoms with Gasteiger partial charge in [0.25, 0.3) is 0 Å². The van der Waals surface area contributed by atoms with E-state index in [1.54, 1.807) is 18.5 Å². The van der Waals surface area contributed by atoms with Crippen LogP contribution in [0.2, 0.25) is 0 Å². The van der Waals surface area contributed by atoms with Crippen LogP contribution in [0.25, 0.3) is 10.8 Å². The predicted octanol–water partition coefficient (Wildman–Crippen LogP) is 4.12. The van der Waals surface area contributed by atoms with E-state index in [0.717, 1.165) is 22.8 Å². The third-order valence-electron chi connectivity index (χ3n) is 6.28. The van der Waals surface area contributed by atoms with Crippen LogP contribution in [0.5, 0.6) is 0 Å². The lowest BCUT2D eigenvalue weighted by Crippen LogP contribution is -2.61. The van der Waals surface area contributed by atoms with E-state index < -0.39 is 6.03 Å². The lowest BCUT2D eigenvalue weighted by atomic mass is 9.74. The van der Waals surface area contributed by atoms with Crippen LogP contribution in [-0.4, -0.2) is 23.0 Å². The van der Waals surface area contributed by atoms with Gasteiger partial charge in [-0.3, -0.25) is 9.78 Å². The number of amides is 3. The van der Waals surface area contributed by atoms with Crippen molar-refractivity contribution in [1.29, 1.82) is 5.26 Å². The highest BCUT2D eigenvalue weighted by Gasteiger charge is 2.45. The van der Waals surface area contributed by atoms with E-state index in [1.165, 1.54) is 4.90 Å². The maximum absolute atomic E-state index is 13.4. The molecule has 1 aliphatic heterocycles. The third-order valence-corrected chi connectivity index (χ3v) is 6.28. The van der Waals surface area contributed by atoms with Crippen LogP contribution in [0.1, 0.15) is 36.3 Å². The maximum atomic E-state index is 13.4. The van der Waals surface area contributed by atoms with Crippen molar-refractivity contribution >= 4 is 28.4 Å². The molecule has 2 aromatic carbocycles. The first-order chi connectivity index (χ1) is 14.7. The molecular formula is C24H20N4O2. The van der Waals surface area contributed by atoms with Crippen molar-refractivity contribution in [1.82, 2.24) is 10.3 Å². The van der Waals surface area contributed by atoms with E-state index in [1.807, 2.05) is 42.5 Å². The molecule has 1 saturated carbocycles. The molecule has 2 aliphatic rings. The van der Waals surface area contributed by atoms with Gasteiger partial charge in [-0.15, -0.1) is 0 Å². The number of aromatic nitrogens is 1. The smallest absolute Gasteiger partial charge is 0.329 e. The summed E-state index contributed by atoms with van der Waals surface area (Å²) in [4.78, 5) is 31.8. The van der Waals surface area contributed by atoms with Crippen LogP contribution < -0.4 is 10.2 Å². The Hall–Kier alpha value is -3.72. The van der Waals surface area contributed by atoms with Gasteiger partial charge in [0.1, 0.15) is 0 Å². The minimum Gasteiger partial charge on any atom is -0.334 e. The van der Waals surface area contributed by atoms with Gasteiger partial charge in [-0.1, -0.05) is 36.4 Å². The van der Waals surface area contributed by atoms with Crippen LogP contribution in [0.4, 0.5) is 10.5 Å². The van der Waals surface area contributed by atoms with Crippen molar-refractivity contribution in [3.05, 3.63) is 72.1 Å². The predicted molar refractivity (Wildman–Crippen MR) is 113 cm³/mol. The molecule has 30 heavy (non-hydrogen) atoms. The Morgan fingerprint density at radius 3 is 2.80 bits per heavy atom. The Balaban J connectivity index is 1.43. The number of hydrogen-bond acceptors (Lipinski definition) is 4. The summed E-state index contributed by atoms with van der Waals surface area (Å²) in [6, 6.07) is 16.8. The maximum Gasteiger partial charge on any atom is 0.329 e. The number of carbonyl (C=O) groups is 2. The highest BCUT2D eigenvalue weighted by Crippen LogP contribution is 2.40. The molecule has 1 saturated heterocycles. The average molecular weight is 396 g/mol. The number of nitrogens with one attached hydrogen (secondary N) is 1. The second kappa shape index (κ2) is 7.27. The zero-order chi connectivity index (χ0) is 20.7. The Labute approximate surface area is 174 Å². The van der Waals surface area contributed by atoms with Crippen molar-refractivity contribution < 1.29 is 9.59 Å². The minimum absolute atomic E-state index is 0.161. The van der Waals surface area contributed by atoms with E-state index in [4.69, 9.17) is 5.26 Å². The van der Waals surface area contributed by atoms with Gasteiger partial charge >= 0.3 is 6.03 Å². The summed E-state index contributed by atoms with van der Waals surface area (Å²) in [5, 5.41) is 13.9. The standard InChI is InChI=1S/C24H20N4O2/c25-12-15-4-3-6-16(10-15)17-8-9-20-21(11-17)27-24(30)28(23(20)29)22-14-26-13-18-5-1-2-7-19(18)22/h1-7,10,13-14,17,20-21H,8-9,11H2,(H,27,30).